The van der Waals surface area contributed by atoms with Crippen molar-refractivity contribution < 1.29 is 18.3 Å². The van der Waals surface area contributed by atoms with Crippen LogP contribution in [-0.4, -0.2) is 20.8 Å². The Kier molecular flexibility index (Phi) is 2.10. The van der Waals surface area contributed by atoms with Gasteiger partial charge in [0.25, 0.3) is 0 Å². The fraction of sp³-hybridized carbons (Fsp3) is 0.500. The lowest BCUT2D eigenvalue weighted by molar-refractivity contribution is -0.209. The van der Waals surface area contributed by atoms with Gasteiger partial charge in [-0.2, -0.15) is 13.2 Å². The Labute approximate surface area is 66.5 Å². The monoisotopic (exact) mass is 180 g/mol. The quantitative estimate of drug-likeness (QED) is 0.700. The van der Waals surface area contributed by atoms with Gasteiger partial charge in [-0.15, -0.1) is 0 Å². The summed E-state index contributed by atoms with van der Waals surface area (Å²) in [6.07, 6.45) is -4.62. The Bertz CT molecular complexity index is 268. The molecule has 0 saturated carbocycles. The molecule has 1 N–H and O–H groups in total. The second-order valence-corrected chi connectivity index (χ2v) is 2.34. The van der Waals surface area contributed by atoms with E-state index in [4.69, 9.17) is 5.11 Å². The molecule has 1 aromatic rings. The first-order valence-corrected chi connectivity index (χ1v) is 3.15. The zero-order valence-corrected chi connectivity index (χ0v) is 6.21. The van der Waals surface area contributed by atoms with Crippen LogP contribution in [0.15, 0.2) is 12.4 Å². The van der Waals surface area contributed by atoms with Crippen LogP contribution in [0.2, 0.25) is 0 Å². The lowest BCUT2D eigenvalue weighted by Crippen LogP contribution is -2.23. The summed E-state index contributed by atoms with van der Waals surface area (Å²) in [7, 11) is 1.39. The number of aliphatic hydroxyl groups is 1. The van der Waals surface area contributed by atoms with E-state index in [2.05, 4.69) is 4.98 Å². The topological polar surface area (TPSA) is 38.0 Å². The van der Waals surface area contributed by atoms with Crippen LogP contribution in [-0.2, 0) is 7.05 Å². The van der Waals surface area contributed by atoms with Crippen molar-refractivity contribution in [2.45, 2.75) is 12.3 Å². The van der Waals surface area contributed by atoms with Gasteiger partial charge in [0.1, 0.15) is 5.82 Å². The van der Waals surface area contributed by atoms with E-state index in [9.17, 15) is 13.2 Å². The standard InChI is InChI=1S/C6H7F3N2O/c1-11-3-2-10-5(11)4(12)6(7,8)9/h2-4,12H,1H3/t4-/m1/s1. The average Bonchev–Trinajstić information content (AvgIpc) is 2.31. The average molecular weight is 180 g/mol. The van der Waals surface area contributed by atoms with E-state index in [1.54, 1.807) is 0 Å². The molecule has 3 nitrogen and oxygen atoms in total. The minimum Gasteiger partial charge on any atom is -0.377 e. The van der Waals surface area contributed by atoms with Gasteiger partial charge in [-0.3, -0.25) is 0 Å². The van der Waals surface area contributed by atoms with Crippen molar-refractivity contribution in [2.75, 3.05) is 0 Å². The second kappa shape index (κ2) is 2.78. The molecule has 0 aliphatic heterocycles. The van der Waals surface area contributed by atoms with E-state index in [1.807, 2.05) is 0 Å². The van der Waals surface area contributed by atoms with Gasteiger partial charge in [-0.05, 0) is 0 Å². The zero-order valence-electron chi connectivity index (χ0n) is 6.21. The van der Waals surface area contributed by atoms with E-state index in [0.717, 1.165) is 4.57 Å². The summed E-state index contributed by atoms with van der Waals surface area (Å²) >= 11 is 0. The molecule has 1 atom stereocenters. The van der Waals surface area contributed by atoms with Crippen molar-refractivity contribution in [1.82, 2.24) is 9.55 Å². The summed E-state index contributed by atoms with van der Waals surface area (Å²) < 4.78 is 36.8. The van der Waals surface area contributed by atoms with Crippen molar-refractivity contribution in [3.8, 4) is 0 Å². The summed E-state index contributed by atoms with van der Waals surface area (Å²) in [6, 6.07) is 0. The van der Waals surface area contributed by atoms with Gasteiger partial charge in [0.05, 0.1) is 0 Å². The summed E-state index contributed by atoms with van der Waals surface area (Å²) in [5.41, 5.74) is 0. The van der Waals surface area contributed by atoms with Crippen LogP contribution in [0.1, 0.15) is 11.9 Å². The molecule has 12 heavy (non-hydrogen) atoms. The summed E-state index contributed by atoms with van der Waals surface area (Å²) in [5, 5.41) is 8.72. The molecule has 0 aromatic carbocycles. The van der Waals surface area contributed by atoms with Crippen LogP contribution in [0.25, 0.3) is 0 Å². The Morgan fingerprint density at radius 1 is 1.58 bits per heavy atom. The molecular formula is C6H7F3N2O. The predicted octanol–water partition coefficient (Wildman–Crippen LogP) is 1.02. The number of hydrogen-bond acceptors (Lipinski definition) is 2. The van der Waals surface area contributed by atoms with Crippen LogP contribution in [0.3, 0.4) is 0 Å². The van der Waals surface area contributed by atoms with Crippen LogP contribution >= 0.6 is 0 Å². The Morgan fingerprint density at radius 2 is 2.17 bits per heavy atom. The van der Waals surface area contributed by atoms with E-state index in [0.29, 0.717) is 0 Å². The largest absolute Gasteiger partial charge is 0.421 e. The maximum Gasteiger partial charge on any atom is 0.421 e. The summed E-state index contributed by atoms with van der Waals surface area (Å²) in [5.74, 6) is -0.400. The molecule has 0 aliphatic rings. The van der Waals surface area contributed by atoms with Crippen LogP contribution < -0.4 is 0 Å². The molecule has 0 unspecified atom stereocenters. The van der Waals surface area contributed by atoms with Gasteiger partial charge in [-0.1, -0.05) is 0 Å². The van der Waals surface area contributed by atoms with Gasteiger partial charge >= 0.3 is 6.18 Å². The number of aryl methyl sites for hydroxylation is 1. The molecular weight excluding hydrogens is 173 g/mol. The first kappa shape index (κ1) is 9.05. The first-order chi connectivity index (χ1) is 5.43. The molecule has 0 amide bonds. The lowest BCUT2D eigenvalue weighted by atomic mass is 10.3. The van der Waals surface area contributed by atoms with Crippen molar-refractivity contribution in [2.24, 2.45) is 7.05 Å². The van der Waals surface area contributed by atoms with Gasteiger partial charge in [0.15, 0.2) is 0 Å². The molecule has 0 radical (unpaired) electrons. The number of aliphatic hydroxyl groups excluding tert-OH is 1. The number of nitrogens with zero attached hydrogens (tertiary/aromatic N) is 2. The zero-order chi connectivity index (χ0) is 9.35. The fourth-order valence-electron chi connectivity index (χ4n) is 0.787. The third-order valence-electron chi connectivity index (χ3n) is 1.41. The molecule has 0 fully saturated rings. The number of aromatic nitrogens is 2. The van der Waals surface area contributed by atoms with Crippen molar-refractivity contribution in [1.29, 1.82) is 0 Å². The van der Waals surface area contributed by atoms with E-state index >= 15 is 0 Å². The van der Waals surface area contributed by atoms with Crippen LogP contribution in [0, 0.1) is 0 Å². The lowest BCUT2D eigenvalue weighted by Gasteiger charge is -2.13. The molecule has 1 aromatic heterocycles. The molecule has 6 heteroatoms. The Hall–Kier alpha value is -1.04. The third-order valence-corrected chi connectivity index (χ3v) is 1.41. The number of rotatable bonds is 1. The highest BCUT2D eigenvalue weighted by molar-refractivity contribution is 4.97. The van der Waals surface area contributed by atoms with Crippen molar-refractivity contribution >= 4 is 0 Å². The smallest absolute Gasteiger partial charge is 0.377 e. The maximum absolute atomic E-state index is 11.9. The maximum atomic E-state index is 11.9. The van der Waals surface area contributed by atoms with E-state index in [-0.39, 0.29) is 0 Å². The second-order valence-electron chi connectivity index (χ2n) is 2.34. The predicted molar refractivity (Wildman–Crippen MR) is 34.2 cm³/mol. The van der Waals surface area contributed by atoms with Crippen molar-refractivity contribution in [3.05, 3.63) is 18.2 Å². The Morgan fingerprint density at radius 3 is 2.50 bits per heavy atom. The molecule has 0 spiro atoms. The molecule has 0 aliphatic carbocycles. The fourth-order valence-corrected chi connectivity index (χ4v) is 0.787. The molecule has 1 rings (SSSR count). The molecule has 0 bridgehead atoms. The molecule has 0 saturated heterocycles. The first-order valence-electron chi connectivity index (χ1n) is 3.15. The minimum atomic E-state index is -4.65. The van der Waals surface area contributed by atoms with Crippen LogP contribution in [0.5, 0.6) is 0 Å². The minimum absolute atomic E-state index is 0.400. The van der Waals surface area contributed by atoms with Gasteiger partial charge in [0.2, 0.25) is 6.10 Å². The SMILES string of the molecule is Cn1ccnc1[C@@H](O)C(F)(F)F. The third kappa shape index (κ3) is 1.58. The highest BCUT2D eigenvalue weighted by Gasteiger charge is 2.41. The number of imidazole rings is 1. The van der Waals surface area contributed by atoms with E-state index in [1.165, 1.54) is 19.4 Å². The summed E-state index contributed by atoms with van der Waals surface area (Å²) in [4.78, 5) is 3.38. The highest BCUT2D eigenvalue weighted by atomic mass is 19.4. The van der Waals surface area contributed by atoms with Crippen molar-refractivity contribution in [3.63, 3.8) is 0 Å². The Balaban J connectivity index is 2.92. The molecule has 1 heterocycles. The summed E-state index contributed by atoms with van der Waals surface area (Å²) in [6.45, 7) is 0. The number of hydrogen-bond donors (Lipinski definition) is 1. The number of alkyl halides is 3. The van der Waals surface area contributed by atoms with E-state index < -0.39 is 18.1 Å². The normalized spacial score (nSPS) is 14.8. The number of halogens is 3. The van der Waals surface area contributed by atoms with Gasteiger partial charge in [0, 0.05) is 19.4 Å². The van der Waals surface area contributed by atoms with Crippen LogP contribution in [0.4, 0.5) is 13.2 Å². The highest BCUT2D eigenvalue weighted by Crippen LogP contribution is 2.30. The van der Waals surface area contributed by atoms with Gasteiger partial charge < -0.3 is 9.67 Å². The molecule has 68 valence electrons. The van der Waals surface area contributed by atoms with Gasteiger partial charge in [-0.25, -0.2) is 4.98 Å².